The summed E-state index contributed by atoms with van der Waals surface area (Å²) in [6.07, 6.45) is 2.88. The van der Waals surface area contributed by atoms with Crippen LogP contribution in [0.15, 0.2) is 53.3 Å². The number of likely N-dealkylation sites (tertiary alicyclic amines) is 1. The molecule has 1 saturated heterocycles. The molecule has 176 valence electrons. The van der Waals surface area contributed by atoms with Gasteiger partial charge in [-0.15, -0.1) is 0 Å². The Morgan fingerprint density at radius 2 is 1.76 bits per heavy atom. The Morgan fingerprint density at radius 3 is 2.59 bits per heavy atom. The average molecular weight is 461 g/mol. The summed E-state index contributed by atoms with van der Waals surface area (Å²) in [7, 11) is 1.68. The summed E-state index contributed by atoms with van der Waals surface area (Å²) < 4.78 is 7.54. The summed E-state index contributed by atoms with van der Waals surface area (Å²) in [6.45, 7) is 1.64. The van der Waals surface area contributed by atoms with Crippen molar-refractivity contribution < 1.29 is 14.3 Å². The Balaban J connectivity index is 1.36. The summed E-state index contributed by atoms with van der Waals surface area (Å²) >= 11 is 0. The first kappa shape index (κ1) is 22.1. The molecule has 0 aliphatic carbocycles. The second kappa shape index (κ2) is 9.29. The van der Waals surface area contributed by atoms with Gasteiger partial charge in [0.1, 0.15) is 11.6 Å². The third kappa shape index (κ3) is 4.16. The molecule has 0 radical (unpaired) electrons. The van der Waals surface area contributed by atoms with E-state index < -0.39 is 6.10 Å². The number of amides is 2. The predicted molar refractivity (Wildman–Crippen MR) is 129 cm³/mol. The minimum Gasteiger partial charge on any atom is -0.476 e. The highest BCUT2D eigenvalue weighted by Crippen LogP contribution is 2.34. The van der Waals surface area contributed by atoms with E-state index in [0.29, 0.717) is 34.6 Å². The molecule has 1 fully saturated rings. The van der Waals surface area contributed by atoms with Gasteiger partial charge >= 0.3 is 0 Å². The Labute approximate surface area is 197 Å². The summed E-state index contributed by atoms with van der Waals surface area (Å²) in [6, 6.07) is 14.5. The van der Waals surface area contributed by atoms with Crippen LogP contribution in [0, 0.1) is 0 Å². The van der Waals surface area contributed by atoms with Crippen LogP contribution >= 0.6 is 0 Å². The SMILES string of the molecule is Cn1c(CCC(=O)N2CC(C(=O)N3CCCCC3)Oc3ccccc32)nc2ccccc2c1=O. The monoisotopic (exact) mass is 460 g/mol. The number of hydrogen-bond acceptors (Lipinski definition) is 5. The number of fused-ring (bicyclic) bond motifs is 2. The number of carbonyl (C=O) groups excluding carboxylic acids is 2. The molecule has 3 aromatic rings. The maximum atomic E-state index is 13.4. The van der Waals surface area contributed by atoms with Crippen molar-refractivity contribution in [3.05, 3.63) is 64.7 Å². The number of hydrogen-bond donors (Lipinski definition) is 0. The molecular formula is C26H28N4O4. The molecule has 34 heavy (non-hydrogen) atoms. The van der Waals surface area contributed by atoms with E-state index in [0.717, 1.165) is 32.4 Å². The molecule has 2 aromatic carbocycles. The lowest BCUT2D eigenvalue weighted by atomic mass is 10.1. The quantitative estimate of drug-likeness (QED) is 0.598. The first-order valence-corrected chi connectivity index (χ1v) is 11.8. The van der Waals surface area contributed by atoms with Gasteiger partial charge < -0.3 is 14.5 Å². The zero-order valence-electron chi connectivity index (χ0n) is 19.3. The van der Waals surface area contributed by atoms with E-state index in [4.69, 9.17) is 4.74 Å². The molecule has 8 nitrogen and oxygen atoms in total. The van der Waals surface area contributed by atoms with Gasteiger partial charge in [0.2, 0.25) is 5.91 Å². The molecule has 1 aromatic heterocycles. The second-order valence-corrected chi connectivity index (χ2v) is 8.87. The minimum absolute atomic E-state index is 0.0643. The highest BCUT2D eigenvalue weighted by atomic mass is 16.5. The number of ether oxygens (including phenoxy) is 1. The van der Waals surface area contributed by atoms with E-state index in [1.165, 1.54) is 4.57 Å². The van der Waals surface area contributed by atoms with Crippen LogP contribution in [0.4, 0.5) is 5.69 Å². The van der Waals surface area contributed by atoms with Crippen LogP contribution in [0.1, 0.15) is 31.5 Å². The topological polar surface area (TPSA) is 84.7 Å². The van der Waals surface area contributed by atoms with E-state index in [-0.39, 0.29) is 30.3 Å². The van der Waals surface area contributed by atoms with Crippen molar-refractivity contribution in [1.29, 1.82) is 0 Å². The molecule has 0 N–H and O–H groups in total. The Bertz CT molecular complexity index is 1300. The number of anilines is 1. The van der Waals surface area contributed by atoms with Gasteiger partial charge in [-0.2, -0.15) is 0 Å². The second-order valence-electron chi connectivity index (χ2n) is 8.87. The zero-order valence-corrected chi connectivity index (χ0v) is 19.3. The van der Waals surface area contributed by atoms with E-state index in [1.807, 2.05) is 35.2 Å². The third-order valence-corrected chi connectivity index (χ3v) is 6.66. The van der Waals surface area contributed by atoms with Crippen molar-refractivity contribution in [2.24, 2.45) is 7.05 Å². The number of carbonyl (C=O) groups is 2. The maximum absolute atomic E-state index is 13.4. The summed E-state index contributed by atoms with van der Waals surface area (Å²) in [5.41, 5.74) is 1.16. The standard InChI is InChI=1S/C26H28N4O4/c1-28-23(27-19-10-4-3-9-18(19)25(28)32)13-14-24(31)30-17-22(26(33)29-15-7-2-8-16-29)34-21-12-6-5-11-20(21)30/h3-6,9-12,22H,2,7-8,13-17H2,1H3. The van der Waals surface area contributed by atoms with Crippen LogP contribution in [0.2, 0.25) is 0 Å². The predicted octanol–water partition coefficient (Wildman–Crippen LogP) is 2.67. The van der Waals surface area contributed by atoms with Crippen molar-refractivity contribution in [2.75, 3.05) is 24.5 Å². The normalized spacial score (nSPS) is 17.9. The lowest BCUT2D eigenvalue weighted by Gasteiger charge is -2.37. The summed E-state index contributed by atoms with van der Waals surface area (Å²) in [4.78, 5) is 47.3. The van der Waals surface area contributed by atoms with E-state index in [2.05, 4.69) is 4.98 Å². The van der Waals surface area contributed by atoms with Crippen LogP contribution in [0.3, 0.4) is 0 Å². The van der Waals surface area contributed by atoms with Crippen molar-refractivity contribution in [1.82, 2.24) is 14.5 Å². The molecule has 2 amide bonds. The van der Waals surface area contributed by atoms with Crippen molar-refractivity contribution in [3.8, 4) is 5.75 Å². The number of aromatic nitrogens is 2. The van der Waals surface area contributed by atoms with Gasteiger partial charge in [0, 0.05) is 33.0 Å². The first-order chi connectivity index (χ1) is 16.5. The lowest BCUT2D eigenvalue weighted by molar-refractivity contribution is -0.139. The summed E-state index contributed by atoms with van der Waals surface area (Å²) in [5.74, 6) is 0.897. The number of benzene rings is 2. The van der Waals surface area contributed by atoms with E-state index >= 15 is 0 Å². The molecule has 1 atom stereocenters. The highest BCUT2D eigenvalue weighted by Gasteiger charge is 2.36. The molecule has 0 bridgehead atoms. The van der Waals surface area contributed by atoms with Gasteiger partial charge in [-0.1, -0.05) is 24.3 Å². The zero-order chi connectivity index (χ0) is 23.7. The molecule has 0 saturated carbocycles. The number of rotatable bonds is 4. The van der Waals surface area contributed by atoms with Gasteiger partial charge in [0.05, 0.1) is 23.1 Å². The van der Waals surface area contributed by atoms with Gasteiger partial charge in [-0.25, -0.2) is 4.98 Å². The van der Waals surface area contributed by atoms with Gasteiger partial charge in [0.25, 0.3) is 11.5 Å². The number of piperidine rings is 1. The molecule has 5 rings (SSSR count). The first-order valence-electron chi connectivity index (χ1n) is 11.8. The smallest absolute Gasteiger partial charge is 0.265 e. The van der Waals surface area contributed by atoms with Crippen LogP contribution in [-0.2, 0) is 23.1 Å². The van der Waals surface area contributed by atoms with Gasteiger partial charge in [0.15, 0.2) is 6.10 Å². The van der Waals surface area contributed by atoms with E-state index in [9.17, 15) is 14.4 Å². The number of para-hydroxylation sites is 3. The highest BCUT2D eigenvalue weighted by molar-refractivity contribution is 5.97. The van der Waals surface area contributed by atoms with E-state index in [1.54, 1.807) is 30.1 Å². The molecular weight excluding hydrogens is 432 g/mol. The molecule has 3 heterocycles. The Morgan fingerprint density at radius 1 is 1.03 bits per heavy atom. The maximum Gasteiger partial charge on any atom is 0.265 e. The van der Waals surface area contributed by atoms with Crippen molar-refractivity contribution >= 4 is 28.4 Å². The molecule has 2 aliphatic rings. The Kier molecular flexibility index (Phi) is 6.04. The third-order valence-electron chi connectivity index (χ3n) is 6.66. The number of nitrogens with zero attached hydrogens (tertiary/aromatic N) is 4. The molecule has 0 spiro atoms. The minimum atomic E-state index is -0.722. The van der Waals surface area contributed by atoms with Crippen LogP contribution in [0.25, 0.3) is 10.9 Å². The fourth-order valence-electron chi connectivity index (χ4n) is 4.76. The van der Waals surface area contributed by atoms with Gasteiger partial charge in [-0.3, -0.25) is 19.0 Å². The van der Waals surface area contributed by atoms with Crippen LogP contribution < -0.4 is 15.2 Å². The van der Waals surface area contributed by atoms with Crippen molar-refractivity contribution in [2.45, 2.75) is 38.2 Å². The fourth-order valence-corrected chi connectivity index (χ4v) is 4.76. The van der Waals surface area contributed by atoms with Crippen LogP contribution in [0.5, 0.6) is 5.75 Å². The average Bonchev–Trinajstić information content (AvgIpc) is 2.89. The lowest BCUT2D eigenvalue weighted by Crippen LogP contribution is -2.52. The Hall–Kier alpha value is -3.68. The molecule has 1 unspecified atom stereocenters. The fraction of sp³-hybridized carbons (Fsp3) is 0.385. The van der Waals surface area contributed by atoms with Crippen molar-refractivity contribution in [3.63, 3.8) is 0 Å². The van der Waals surface area contributed by atoms with Crippen LogP contribution in [-0.4, -0.2) is 52.0 Å². The molecule has 8 heteroatoms. The molecule has 2 aliphatic heterocycles. The van der Waals surface area contributed by atoms with Gasteiger partial charge in [-0.05, 0) is 43.5 Å². The number of aryl methyl sites for hydroxylation is 1. The summed E-state index contributed by atoms with van der Waals surface area (Å²) in [5, 5.41) is 0.557. The largest absolute Gasteiger partial charge is 0.476 e.